The fourth-order valence-corrected chi connectivity index (χ4v) is 2.77. The van der Waals surface area contributed by atoms with Gasteiger partial charge in [0.1, 0.15) is 5.69 Å². The Morgan fingerprint density at radius 2 is 2.05 bits per heavy atom. The summed E-state index contributed by atoms with van der Waals surface area (Å²) >= 11 is 1.60. The first-order valence-corrected chi connectivity index (χ1v) is 7.66. The zero-order valence-corrected chi connectivity index (χ0v) is 13.0. The van der Waals surface area contributed by atoms with Crippen molar-refractivity contribution in [2.75, 3.05) is 5.32 Å². The van der Waals surface area contributed by atoms with Crippen molar-refractivity contribution in [2.45, 2.75) is 32.9 Å². The second-order valence-electron chi connectivity index (χ2n) is 5.00. The van der Waals surface area contributed by atoms with Crippen molar-refractivity contribution in [1.82, 2.24) is 0 Å². The molecule has 112 valence electrons. The van der Waals surface area contributed by atoms with Crippen LogP contribution in [0.1, 0.15) is 32.4 Å². The topological polar surface area (TPSA) is 64.4 Å². The molecule has 1 atom stereocenters. The number of hydrogen-bond acceptors (Lipinski definition) is 5. The Balaban J connectivity index is 2.32. The van der Waals surface area contributed by atoms with Crippen molar-refractivity contribution in [3.05, 3.63) is 50.7 Å². The summed E-state index contributed by atoms with van der Waals surface area (Å²) in [6, 6.07) is 7.08. The molecule has 0 aliphatic rings. The fourth-order valence-electron chi connectivity index (χ4n) is 2.01. The fraction of sp³-hybridized carbons (Fsp3) is 0.333. The first-order chi connectivity index (χ1) is 9.99. The minimum absolute atomic E-state index is 0.00995. The first-order valence-electron chi connectivity index (χ1n) is 6.71. The zero-order chi connectivity index (χ0) is 15.4. The molecule has 2 rings (SSSR count). The van der Waals surface area contributed by atoms with E-state index in [-0.39, 0.29) is 23.6 Å². The summed E-state index contributed by atoms with van der Waals surface area (Å²) in [5, 5.41) is 18.6. The van der Waals surface area contributed by atoms with Crippen LogP contribution in [0.15, 0.2) is 35.0 Å². The first kappa shape index (κ1) is 15.3. The maximum Gasteiger partial charge on any atom is 0.333 e. The van der Waals surface area contributed by atoms with E-state index in [1.165, 1.54) is 0 Å². The molecular formula is C15H18N2O3S. The number of anilines is 1. The molecule has 0 fully saturated rings. The summed E-state index contributed by atoms with van der Waals surface area (Å²) in [7, 11) is 0. The molecule has 6 heteroatoms. The molecule has 1 aromatic heterocycles. The second-order valence-corrected chi connectivity index (χ2v) is 5.78. The van der Waals surface area contributed by atoms with Gasteiger partial charge in [0.05, 0.1) is 11.0 Å². The molecule has 1 aromatic carbocycles. The molecule has 5 nitrogen and oxygen atoms in total. The Labute approximate surface area is 127 Å². The molecule has 0 saturated heterocycles. The van der Waals surface area contributed by atoms with Gasteiger partial charge in [-0.05, 0) is 55.3 Å². The zero-order valence-electron chi connectivity index (χ0n) is 12.2. The normalized spacial score (nSPS) is 12.2. The van der Waals surface area contributed by atoms with Crippen molar-refractivity contribution in [1.29, 1.82) is 0 Å². The predicted octanol–water partition coefficient (Wildman–Crippen LogP) is 4.62. The lowest BCUT2D eigenvalue weighted by atomic mass is 10.1. The van der Waals surface area contributed by atoms with E-state index in [2.05, 4.69) is 5.32 Å². The molecule has 2 aromatic rings. The summed E-state index contributed by atoms with van der Waals surface area (Å²) in [6.45, 7) is 5.66. The molecule has 0 spiro atoms. The lowest BCUT2D eigenvalue weighted by molar-refractivity contribution is -0.385. The highest BCUT2D eigenvalue weighted by atomic mass is 32.1. The molecule has 0 aliphatic carbocycles. The number of benzene rings is 1. The van der Waals surface area contributed by atoms with Gasteiger partial charge in [0.2, 0.25) is 0 Å². The number of nitrogens with zero attached hydrogens (tertiary/aromatic N) is 1. The molecule has 0 amide bonds. The Morgan fingerprint density at radius 3 is 2.62 bits per heavy atom. The monoisotopic (exact) mass is 306 g/mol. The molecule has 0 aliphatic heterocycles. The lowest BCUT2D eigenvalue weighted by Crippen LogP contribution is -2.11. The van der Waals surface area contributed by atoms with Gasteiger partial charge in [0, 0.05) is 6.04 Å². The second kappa shape index (κ2) is 6.58. The summed E-state index contributed by atoms with van der Waals surface area (Å²) in [5.41, 5.74) is 1.55. The Bertz CT molecular complexity index is 611. The third-order valence-corrected chi connectivity index (χ3v) is 3.66. The number of para-hydroxylation sites is 1. The van der Waals surface area contributed by atoms with Crippen molar-refractivity contribution >= 4 is 22.7 Å². The van der Waals surface area contributed by atoms with Crippen LogP contribution < -0.4 is 10.1 Å². The van der Waals surface area contributed by atoms with E-state index in [1.807, 2.05) is 37.6 Å². The molecule has 0 radical (unpaired) electrons. The molecule has 0 saturated carbocycles. The van der Waals surface area contributed by atoms with E-state index < -0.39 is 4.92 Å². The van der Waals surface area contributed by atoms with Gasteiger partial charge in [-0.2, -0.15) is 11.3 Å². The maximum atomic E-state index is 11.4. The average molecular weight is 306 g/mol. The molecule has 0 bridgehead atoms. The summed E-state index contributed by atoms with van der Waals surface area (Å²) in [6.07, 6.45) is -0.117. The van der Waals surface area contributed by atoms with E-state index in [1.54, 1.807) is 29.5 Å². The highest BCUT2D eigenvalue weighted by Crippen LogP contribution is 2.37. The summed E-state index contributed by atoms with van der Waals surface area (Å²) < 4.78 is 5.54. The third-order valence-electron chi connectivity index (χ3n) is 2.96. The predicted molar refractivity (Wildman–Crippen MR) is 85.2 cm³/mol. The van der Waals surface area contributed by atoms with Gasteiger partial charge in [-0.15, -0.1) is 0 Å². The van der Waals surface area contributed by atoms with Crippen molar-refractivity contribution in [3.63, 3.8) is 0 Å². The van der Waals surface area contributed by atoms with Crippen LogP contribution in [0.3, 0.4) is 0 Å². The van der Waals surface area contributed by atoms with Gasteiger partial charge >= 0.3 is 5.69 Å². The number of nitro benzene ring substituents is 1. The lowest BCUT2D eigenvalue weighted by Gasteiger charge is -2.16. The van der Waals surface area contributed by atoms with E-state index in [0.29, 0.717) is 5.69 Å². The van der Waals surface area contributed by atoms with Crippen molar-refractivity contribution in [2.24, 2.45) is 0 Å². The maximum absolute atomic E-state index is 11.4. The Hall–Kier alpha value is -2.08. The van der Waals surface area contributed by atoms with Crippen LogP contribution in [0.5, 0.6) is 5.75 Å². The van der Waals surface area contributed by atoms with Crippen LogP contribution in [-0.2, 0) is 0 Å². The number of rotatable bonds is 6. The van der Waals surface area contributed by atoms with Crippen LogP contribution >= 0.6 is 11.3 Å². The molecule has 21 heavy (non-hydrogen) atoms. The van der Waals surface area contributed by atoms with Gasteiger partial charge < -0.3 is 10.1 Å². The highest BCUT2D eigenvalue weighted by molar-refractivity contribution is 7.07. The molecular weight excluding hydrogens is 288 g/mol. The molecule has 1 unspecified atom stereocenters. The summed E-state index contributed by atoms with van der Waals surface area (Å²) in [4.78, 5) is 11.0. The van der Waals surface area contributed by atoms with Crippen molar-refractivity contribution in [3.8, 4) is 5.75 Å². The van der Waals surface area contributed by atoms with Crippen LogP contribution in [0.4, 0.5) is 11.4 Å². The minimum atomic E-state index is -0.402. The van der Waals surface area contributed by atoms with E-state index in [0.717, 1.165) is 5.56 Å². The van der Waals surface area contributed by atoms with E-state index in [9.17, 15) is 10.1 Å². The highest BCUT2D eigenvalue weighted by Gasteiger charge is 2.23. The Morgan fingerprint density at radius 1 is 1.29 bits per heavy atom. The van der Waals surface area contributed by atoms with E-state index in [4.69, 9.17) is 4.74 Å². The van der Waals surface area contributed by atoms with Gasteiger partial charge in [-0.1, -0.05) is 6.07 Å². The van der Waals surface area contributed by atoms with Gasteiger partial charge in [0.15, 0.2) is 5.75 Å². The van der Waals surface area contributed by atoms with Crippen LogP contribution in [0.2, 0.25) is 0 Å². The van der Waals surface area contributed by atoms with Crippen molar-refractivity contribution < 1.29 is 9.66 Å². The quantitative estimate of drug-likeness (QED) is 0.625. The number of thiophene rings is 1. The van der Waals surface area contributed by atoms with Crippen LogP contribution in [0.25, 0.3) is 0 Å². The minimum Gasteiger partial charge on any atom is -0.484 e. The SMILES string of the molecule is CC(C)Oc1cccc(NC(C)c2ccsc2)c1[N+](=O)[O-]. The molecule has 1 heterocycles. The van der Waals surface area contributed by atoms with Gasteiger partial charge in [0.25, 0.3) is 0 Å². The standard InChI is InChI=1S/C15H18N2O3S/c1-10(2)20-14-6-4-5-13(15(14)17(18)19)16-11(3)12-7-8-21-9-12/h4-11,16H,1-3H3. The number of ether oxygens (including phenoxy) is 1. The van der Waals surface area contributed by atoms with Crippen LogP contribution in [0, 0.1) is 10.1 Å². The Kier molecular flexibility index (Phi) is 4.80. The smallest absolute Gasteiger partial charge is 0.333 e. The summed E-state index contributed by atoms with van der Waals surface area (Å²) in [5.74, 6) is 0.289. The largest absolute Gasteiger partial charge is 0.484 e. The number of nitrogens with one attached hydrogen (secondary N) is 1. The third kappa shape index (κ3) is 3.72. The van der Waals surface area contributed by atoms with Crippen LogP contribution in [-0.4, -0.2) is 11.0 Å². The van der Waals surface area contributed by atoms with E-state index >= 15 is 0 Å². The number of nitro groups is 1. The molecule has 1 N–H and O–H groups in total. The van der Waals surface area contributed by atoms with Gasteiger partial charge in [-0.3, -0.25) is 10.1 Å². The number of hydrogen-bond donors (Lipinski definition) is 1. The average Bonchev–Trinajstić information content (AvgIpc) is 2.91. The van der Waals surface area contributed by atoms with Gasteiger partial charge in [-0.25, -0.2) is 0 Å².